The highest BCUT2D eigenvalue weighted by Gasteiger charge is 2.08. The predicted octanol–water partition coefficient (Wildman–Crippen LogP) is 5.24. The van der Waals surface area contributed by atoms with E-state index >= 15 is 0 Å². The first-order chi connectivity index (χ1) is 11.6. The molecule has 3 aromatic rings. The van der Waals surface area contributed by atoms with Gasteiger partial charge in [-0.2, -0.15) is 10.1 Å². The van der Waals surface area contributed by atoms with Gasteiger partial charge in [-0.25, -0.2) is 0 Å². The van der Waals surface area contributed by atoms with Gasteiger partial charge in [0, 0.05) is 15.8 Å². The van der Waals surface area contributed by atoms with Gasteiger partial charge in [0.05, 0.1) is 6.20 Å². The smallest absolute Gasteiger partial charge is 0.249 e. The van der Waals surface area contributed by atoms with Gasteiger partial charge in [-0.05, 0) is 35.7 Å². The van der Waals surface area contributed by atoms with Crippen LogP contribution in [0.25, 0.3) is 0 Å². The number of hydrogen-bond acceptors (Lipinski definition) is 5. The average molecular weight is 384 g/mol. The maximum Gasteiger partial charge on any atom is 0.249 e. The van der Waals surface area contributed by atoms with Crippen molar-refractivity contribution in [1.29, 1.82) is 0 Å². The highest BCUT2D eigenvalue weighted by Crippen LogP contribution is 2.26. The van der Waals surface area contributed by atoms with Gasteiger partial charge in [0.2, 0.25) is 5.95 Å². The zero-order chi connectivity index (χ0) is 16.9. The first kappa shape index (κ1) is 16.4. The monoisotopic (exact) mass is 383 g/mol. The summed E-state index contributed by atoms with van der Waals surface area (Å²) in [5, 5.41) is 14.5. The molecule has 2 aromatic carbocycles. The Morgan fingerprint density at radius 3 is 2.62 bits per heavy atom. The SMILES string of the molecule is CC(C)c1ccccc1Nc1cnnc(Nc2cccc(Br)c2)n1. The van der Waals surface area contributed by atoms with Crippen molar-refractivity contribution >= 4 is 39.1 Å². The Bertz CT molecular complexity index is 835. The molecule has 0 bridgehead atoms. The minimum absolute atomic E-state index is 0.419. The number of nitrogens with one attached hydrogen (secondary N) is 2. The van der Waals surface area contributed by atoms with Crippen LogP contribution in [0.4, 0.5) is 23.1 Å². The zero-order valence-corrected chi connectivity index (χ0v) is 15.1. The summed E-state index contributed by atoms with van der Waals surface area (Å²) in [6.45, 7) is 4.33. The van der Waals surface area contributed by atoms with Crippen molar-refractivity contribution in [1.82, 2.24) is 15.2 Å². The van der Waals surface area contributed by atoms with Crippen molar-refractivity contribution in [2.24, 2.45) is 0 Å². The molecular formula is C18H18BrN5. The van der Waals surface area contributed by atoms with Crippen molar-refractivity contribution in [2.45, 2.75) is 19.8 Å². The maximum atomic E-state index is 4.48. The van der Waals surface area contributed by atoms with Crippen LogP contribution in [0, 0.1) is 0 Å². The summed E-state index contributed by atoms with van der Waals surface area (Å²) in [5.41, 5.74) is 3.16. The van der Waals surface area contributed by atoms with E-state index in [1.165, 1.54) is 5.56 Å². The lowest BCUT2D eigenvalue weighted by atomic mass is 10.0. The summed E-state index contributed by atoms with van der Waals surface area (Å²) >= 11 is 3.45. The van der Waals surface area contributed by atoms with E-state index in [0.717, 1.165) is 15.8 Å². The van der Waals surface area contributed by atoms with Crippen LogP contribution in [-0.4, -0.2) is 15.2 Å². The number of hydrogen-bond donors (Lipinski definition) is 2. The highest BCUT2D eigenvalue weighted by molar-refractivity contribution is 9.10. The highest BCUT2D eigenvalue weighted by atomic mass is 79.9. The molecule has 0 radical (unpaired) electrons. The summed E-state index contributed by atoms with van der Waals surface area (Å²) in [4.78, 5) is 4.48. The van der Waals surface area contributed by atoms with Crippen molar-refractivity contribution in [3.63, 3.8) is 0 Å². The lowest BCUT2D eigenvalue weighted by Gasteiger charge is -2.14. The first-order valence-electron chi connectivity index (χ1n) is 7.70. The Morgan fingerprint density at radius 1 is 1.00 bits per heavy atom. The number of rotatable bonds is 5. The molecule has 3 rings (SSSR count). The fourth-order valence-corrected chi connectivity index (χ4v) is 2.76. The molecule has 6 heteroatoms. The number of nitrogens with zero attached hydrogens (tertiary/aromatic N) is 3. The van der Waals surface area contributed by atoms with Crippen LogP contribution in [0.15, 0.2) is 59.2 Å². The maximum absolute atomic E-state index is 4.48. The van der Waals surface area contributed by atoms with E-state index < -0.39 is 0 Å². The second-order valence-electron chi connectivity index (χ2n) is 5.67. The van der Waals surface area contributed by atoms with Crippen LogP contribution >= 0.6 is 15.9 Å². The Morgan fingerprint density at radius 2 is 1.83 bits per heavy atom. The summed E-state index contributed by atoms with van der Waals surface area (Å²) in [5.74, 6) is 1.51. The molecule has 0 unspecified atom stereocenters. The lowest BCUT2D eigenvalue weighted by molar-refractivity contribution is 0.868. The predicted molar refractivity (Wildman–Crippen MR) is 101 cm³/mol. The van der Waals surface area contributed by atoms with Gasteiger partial charge in [0.1, 0.15) is 0 Å². The molecule has 0 aliphatic heterocycles. The van der Waals surface area contributed by atoms with Crippen LogP contribution in [0.2, 0.25) is 0 Å². The number of para-hydroxylation sites is 1. The van der Waals surface area contributed by atoms with Gasteiger partial charge in [-0.3, -0.25) is 0 Å². The average Bonchev–Trinajstić information content (AvgIpc) is 2.55. The molecule has 0 amide bonds. The number of halogens is 1. The van der Waals surface area contributed by atoms with Crippen molar-refractivity contribution in [3.05, 3.63) is 64.8 Å². The second kappa shape index (κ2) is 7.40. The van der Waals surface area contributed by atoms with Crippen molar-refractivity contribution in [2.75, 3.05) is 10.6 Å². The molecule has 0 saturated carbocycles. The quantitative estimate of drug-likeness (QED) is 0.630. The molecule has 0 fully saturated rings. The molecule has 0 aliphatic carbocycles. The number of benzene rings is 2. The Hall–Kier alpha value is -2.47. The van der Waals surface area contributed by atoms with Crippen LogP contribution in [0.3, 0.4) is 0 Å². The van der Waals surface area contributed by atoms with Gasteiger partial charge in [-0.1, -0.05) is 54.0 Å². The van der Waals surface area contributed by atoms with E-state index in [2.05, 4.69) is 61.7 Å². The molecule has 0 atom stereocenters. The van der Waals surface area contributed by atoms with E-state index in [1.54, 1.807) is 6.20 Å². The van der Waals surface area contributed by atoms with Crippen LogP contribution in [0.5, 0.6) is 0 Å². The molecule has 0 saturated heterocycles. The molecule has 24 heavy (non-hydrogen) atoms. The molecule has 0 aliphatic rings. The third-order valence-electron chi connectivity index (χ3n) is 3.49. The topological polar surface area (TPSA) is 62.7 Å². The van der Waals surface area contributed by atoms with Crippen LogP contribution < -0.4 is 10.6 Å². The lowest BCUT2D eigenvalue weighted by Crippen LogP contribution is -2.04. The van der Waals surface area contributed by atoms with E-state index in [4.69, 9.17) is 0 Å². The van der Waals surface area contributed by atoms with Gasteiger partial charge in [0.15, 0.2) is 5.82 Å². The summed E-state index contributed by atoms with van der Waals surface area (Å²) < 4.78 is 0.987. The van der Waals surface area contributed by atoms with Gasteiger partial charge in [-0.15, -0.1) is 5.10 Å². The van der Waals surface area contributed by atoms with Crippen molar-refractivity contribution < 1.29 is 0 Å². The Kier molecular flexibility index (Phi) is 5.05. The molecule has 2 N–H and O–H groups in total. The normalized spacial score (nSPS) is 10.7. The molecule has 5 nitrogen and oxygen atoms in total. The minimum atomic E-state index is 0.419. The summed E-state index contributed by atoms with van der Waals surface area (Å²) in [6, 6.07) is 16.0. The fourth-order valence-electron chi connectivity index (χ4n) is 2.36. The van der Waals surface area contributed by atoms with E-state index in [1.807, 2.05) is 42.5 Å². The van der Waals surface area contributed by atoms with E-state index in [-0.39, 0.29) is 0 Å². The molecular weight excluding hydrogens is 366 g/mol. The standard InChI is InChI=1S/C18H18BrN5/c1-12(2)15-8-3-4-9-16(15)22-17-11-20-24-18(23-17)21-14-7-5-6-13(19)10-14/h3-12H,1-2H3,(H2,21,22,23,24). The molecule has 122 valence electrons. The third kappa shape index (κ3) is 4.08. The van der Waals surface area contributed by atoms with E-state index in [0.29, 0.717) is 17.7 Å². The molecule has 1 heterocycles. The molecule has 0 spiro atoms. The largest absolute Gasteiger partial charge is 0.339 e. The van der Waals surface area contributed by atoms with E-state index in [9.17, 15) is 0 Å². The fraction of sp³-hybridized carbons (Fsp3) is 0.167. The zero-order valence-electron chi connectivity index (χ0n) is 13.5. The minimum Gasteiger partial charge on any atom is -0.339 e. The first-order valence-corrected chi connectivity index (χ1v) is 8.49. The number of anilines is 4. The summed E-state index contributed by atoms with van der Waals surface area (Å²) in [6.07, 6.45) is 1.61. The summed E-state index contributed by atoms with van der Waals surface area (Å²) in [7, 11) is 0. The van der Waals surface area contributed by atoms with Crippen molar-refractivity contribution in [3.8, 4) is 0 Å². The second-order valence-corrected chi connectivity index (χ2v) is 6.58. The van der Waals surface area contributed by atoms with Gasteiger partial charge < -0.3 is 10.6 Å². The Balaban J connectivity index is 1.81. The number of aromatic nitrogens is 3. The Labute approximate surface area is 149 Å². The van der Waals surface area contributed by atoms with Crippen LogP contribution in [0.1, 0.15) is 25.3 Å². The third-order valence-corrected chi connectivity index (χ3v) is 3.98. The van der Waals surface area contributed by atoms with Gasteiger partial charge in [0.25, 0.3) is 0 Å². The molecule has 1 aromatic heterocycles. The van der Waals surface area contributed by atoms with Crippen LogP contribution in [-0.2, 0) is 0 Å². The van der Waals surface area contributed by atoms with Gasteiger partial charge >= 0.3 is 0 Å².